The van der Waals surface area contributed by atoms with Crippen molar-refractivity contribution < 1.29 is 9.15 Å². The number of likely N-dealkylation sites (N-methyl/N-ethyl adjacent to an activating group) is 1. The Morgan fingerprint density at radius 2 is 2.17 bits per heavy atom. The van der Waals surface area contributed by atoms with Gasteiger partial charge in [0.1, 0.15) is 23.1 Å². The van der Waals surface area contributed by atoms with Crippen molar-refractivity contribution in [3.63, 3.8) is 0 Å². The number of rotatable bonds is 3. The van der Waals surface area contributed by atoms with Gasteiger partial charge in [0.2, 0.25) is 0 Å². The van der Waals surface area contributed by atoms with Gasteiger partial charge in [0.25, 0.3) is 0 Å². The van der Waals surface area contributed by atoms with Gasteiger partial charge >= 0.3 is 0 Å². The van der Waals surface area contributed by atoms with Crippen molar-refractivity contribution in [2.75, 3.05) is 13.7 Å². The molecule has 1 N–H and O–H groups in total. The van der Waals surface area contributed by atoms with Crippen LogP contribution in [-0.4, -0.2) is 13.7 Å². The summed E-state index contributed by atoms with van der Waals surface area (Å²) in [6, 6.07) is 10.1. The van der Waals surface area contributed by atoms with Crippen LogP contribution in [0.25, 0.3) is 11.0 Å². The van der Waals surface area contributed by atoms with E-state index >= 15 is 0 Å². The fourth-order valence-electron chi connectivity index (χ4n) is 2.35. The Morgan fingerprint density at radius 1 is 1.28 bits per heavy atom. The van der Waals surface area contributed by atoms with Crippen LogP contribution in [0.4, 0.5) is 0 Å². The van der Waals surface area contributed by atoms with Crippen molar-refractivity contribution in [2.24, 2.45) is 0 Å². The first kappa shape index (κ1) is 11.4. The minimum absolute atomic E-state index is 0.0118. The van der Waals surface area contributed by atoms with Crippen molar-refractivity contribution in [3.8, 4) is 0 Å². The maximum absolute atomic E-state index is 5.89. The predicted molar refractivity (Wildman–Crippen MR) is 71.3 cm³/mol. The Hall–Kier alpha value is -1.74. The third-order valence-corrected chi connectivity index (χ3v) is 3.27. The number of para-hydroxylation sites is 1. The van der Waals surface area contributed by atoms with Crippen LogP contribution in [0.5, 0.6) is 0 Å². The molecular formula is C15H17NO2. The first-order chi connectivity index (χ1) is 8.88. The van der Waals surface area contributed by atoms with E-state index in [0.29, 0.717) is 0 Å². The second kappa shape index (κ2) is 4.86. The average Bonchev–Trinajstić information content (AvgIpc) is 2.84. The van der Waals surface area contributed by atoms with E-state index in [1.54, 1.807) is 0 Å². The molecule has 3 rings (SSSR count). The summed E-state index contributed by atoms with van der Waals surface area (Å²) in [6.07, 6.45) is 4.33. The largest absolute Gasteiger partial charge is 0.496 e. The molecule has 2 aromatic rings. The highest BCUT2D eigenvalue weighted by Gasteiger charge is 2.21. The molecule has 0 spiro atoms. The Morgan fingerprint density at radius 3 is 2.89 bits per heavy atom. The molecule has 0 radical (unpaired) electrons. The summed E-state index contributed by atoms with van der Waals surface area (Å²) in [5.74, 6) is 1.88. The van der Waals surface area contributed by atoms with E-state index in [1.165, 1.54) is 0 Å². The van der Waals surface area contributed by atoms with Crippen LogP contribution in [0, 0.1) is 0 Å². The van der Waals surface area contributed by atoms with Crippen LogP contribution >= 0.6 is 0 Å². The maximum Gasteiger partial charge on any atom is 0.134 e. The van der Waals surface area contributed by atoms with E-state index in [1.807, 2.05) is 25.2 Å². The highest BCUT2D eigenvalue weighted by molar-refractivity contribution is 5.77. The van der Waals surface area contributed by atoms with Crippen molar-refractivity contribution in [3.05, 3.63) is 47.9 Å². The minimum Gasteiger partial charge on any atom is -0.496 e. The smallest absolute Gasteiger partial charge is 0.134 e. The average molecular weight is 243 g/mol. The Bertz CT molecular complexity index is 538. The number of fused-ring (bicyclic) bond motifs is 1. The van der Waals surface area contributed by atoms with E-state index in [4.69, 9.17) is 9.15 Å². The fourth-order valence-corrected chi connectivity index (χ4v) is 2.35. The highest BCUT2D eigenvalue weighted by Crippen LogP contribution is 2.30. The van der Waals surface area contributed by atoms with Crippen LogP contribution in [0.1, 0.15) is 24.6 Å². The molecule has 2 heterocycles. The minimum atomic E-state index is 0.0118. The second-order valence-corrected chi connectivity index (χ2v) is 4.51. The van der Waals surface area contributed by atoms with Gasteiger partial charge in [-0.05, 0) is 38.1 Å². The van der Waals surface area contributed by atoms with Crippen molar-refractivity contribution in [2.45, 2.75) is 18.9 Å². The van der Waals surface area contributed by atoms with Gasteiger partial charge in [0, 0.05) is 5.39 Å². The molecule has 0 amide bonds. The van der Waals surface area contributed by atoms with Crippen molar-refractivity contribution >= 4 is 11.0 Å². The number of ether oxygens (including phenoxy) is 1. The van der Waals surface area contributed by atoms with Gasteiger partial charge < -0.3 is 14.5 Å². The summed E-state index contributed by atoms with van der Waals surface area (Å²) in [7, 11) is 1.93. The normalized spacial score (nSPS) is 17.3. The number of furan rings is 1. The molecule has 3 nitrogen and oxygen atoms in total. The number of hydrogen-bond donors (Lipinski definition) is 1. The Balaban J connectivity index is 1.97. The molecule has 1 aromatic heterocycles. The van der Waals surface area contributed by atoms with E-state index in [0.717, 1.165) is 41.9 Å². The lowest BCUT2D eigenvalue weighted by molar-refractivity contribution is 0.164. The third kappa shape index (κ3) is 2.02. The third-order valence-electron chi connectivity index (χ3n) is 3.27. The molecule has 0 fully saturated rings. The monoisotopic (exact) mass is 243 g/mol. The molecule has 18 heavy (non-hydrogen) atoms. The number of benzene rings is 1. The van der Waals surface area contributed by atoms with Crippen LogP contribution in [0.3, 0.4) is 0 Å². The van der Waals surface area contributed by atoms with Gasteiger partial charge in [0.05, 0.1) is 6.61 Å². The van der Waals surface area contributed by atoms with Crippen LogP contribution in [-0.2, 0) is 4.74 Å². The summed E-state index contributed by atoms with van der Waals surface area (Å²) in [4.78, 5) is 0. The highest BCUT2D eigenvalue weighted by atomic mass is 16.5. The lowest BCUT2D eigenvalue weighted by Crippen LogP contribution is -2.21. The van der Waals surface area contributed by atoms with Gasteiger partial charge in [-0.1, -0.05) is 18.2 Å². The lowest BCUT2D eigenvalue weighted by atomic mass is 10.1. The molecule has 3 heteroatoms. The van der Waals surface area contributed by atoms with Gasteiger partial charge in [-0.3, -0.25) is 0 Å². The van der Waals surface area contributed by atoms with Gasteiger partial charge in [0.15, 0.2) is 0 Å². The van der Waals surface area contributed by atoms with Crippen LogP contribution in [0.2, 0.25) is 0 Å². The molecular weight excluding hydrogens is 226 g/mol. The number of nitrogens with one attached hydrogen (secondary N) is 1. The SMILES string of the molecule is CNC(C1=CCCCO1)c1cc2ccccc2o1. The van der Waals surface area contributed by atoms with E-state index < -0.39 is 0 Å². The van der Waals surface area contributed by atoms with Gasteiger partial charge in [-0.2, -0.15) is 0 Å². The Labute approximate surface area is 106 Å². The molecule has 94 valence electrons. The quantitative estimate of drug-likeness (QED) is 0.897. The number of hydrogen-bond acceptors (Lipinski definition) is 3. The van der Waals surface area contributed by atoms with Crippen molar-refractivity contribution in [1.29, 1.82) is 0 Å². The zero-order chi connectivity index (χ0) is 12.4. The maximum atomic E-state index is 5.89. The summed E-state index contributed by atoms with van der Waals surface area (Å²) in [5, 5.41) is 4.39. The van der Waals surface area contributed by atoms with Gasteiger partial charge in [-0.15, -0.1) is 0 Å². The summed E-state index contributed by atoms with van der Waals surface area (Å²) < 4.78 is 11.6. The standard InChI is InChI=1S/C15H17NO2/c1-16-15(13-8-4-5-9-17-13)14-10-11-6-2-3-7-12(11)18-14/h2-3,6-8,10,15-16H,4-5,9H2,1H3. The van der Waals surface area contributed by atoms with Crippen molar-refractivity contribution in [1.82, 2.24) is 5.32 Å². The molecule has 1 atom stereocenters. The molecule has 0 bridgehead atoms. The Kier molecular flexibility index (Phi) is 3.07. The van der Waals surface area contributed by atoms with Crippen LogP contribution in [0.15, 0.2) is 46.6 Å². The first-order valence-electron chi connectivity index (χ1n) is 6.37. The van der Waals surface area contributed by atoms with E-state index in [9.17, 15) is 0 Å². The fraction of sp³-hybridized carbons (Fsp3) is 0.333. The lowest BCUT2D eigenvalue weighted by Gasteiger charge is -2.21. The van der Waals surface area contributed by atoms with Gasteiger partial charge in [-0.25, -0.2) is 0 Å². The molecule has 0 aliphatic carbocycles. The molecule has 1 aliphatic heterocycles. The number of allylic oxidation sites excluding steroid dienone is 1. The van der Waals surface area contributed by atoms with Crippen LogP contribution < -0.4 is 5.32 Å². The predicted octanol–water partition coefficient (Wildman–Crippen LogP) is 3.39. The first-order valence-corrected chi connectivity index (χ1v) is 6.37. The zero-order valence-electron chi connectivity index (χ0n) is 10.5. The summed E-state index contributed by atoms with van der Waals surface area (Å²) in [5.41, 5.74) is 0.921. The molecule has 0 saturated carbocycles. The zero-order valence-corrected chi connectivity index (χ0v) is 10.5. The summed E-state index contributed by atoms with van der Waals surface area (Å²) in [6.45, 7) is 0.796. The summed E-state index contributed by atoms with van der Waals surface area (Å²) >= 11 is 0. The second-order valence-electron chi connectivity index (χ2n) is 4.51. The van der Waals surface area contributed by atoms with E-state index in [-0.39, 0.29) is 6.04 Å². The molecule has 0 saturated heterocycles. The molecule has 1 aromatic carbocycles. The molecule has 1 unspecified atom stereocenters. The van der Waals surface area contributed by atoms with E-state index in [2.05, 4.69) is 23.5 Å². The topological polar surface area (TPSA) is 34.4 Å². The molecule has 1 aliphatic rings.